The average molecular weight is 416 g/mol. The number of methoxy groups -OCH3 is 1. The molecular formula is C20H18BrNO4. The van der Waals surface area contributed by atoms with Gasteiger partial charge in [0.1, 0.15) is 12.0 Å². The van der Waals surface area contributed by atoms with E-state index in [1.807, 2.05) is 18.2 Å². The SMILES string of the molecule is COc1ccc(N2C(=O)C[C@@H](C(C)(C=O)c3ccccc3Br)C2=O)cc1. The number of halogens is 1. The van der Waals surface area contributed by atoms with Crippen LogP contribution in [0.25, 0.3) is 0 Å². The molecule has 1 saturated heterocycles. The normalized spacial score (nSPS) is 19.3. The number of amides is 2. The summed E-state index contributed by atoms with van der Waals surface area (Å²) in [6, 6.07) is 14.0. The highest BCUT2D eigenvalue weighted by Gasteiger charge is 2.50. The van der Waals surface area contributed by atoms with E-state index in [0.29, 0.717) is 17.0 Å². The van der Waals surface area contributed by atoms with Crippen molar-refractivity contribution >= 4 is 39.7 Å². The zero-order valence-corrected chi connectivity index (χ0v) is 16.0. The maximum absolute atomic E-state index is 13.1. The van der Waals surface area contributed by atoms with Gasteiger partial charge in [-0.15, -0.1) is 0 Å². The van der Waals surface area contributed by atoms with Crippen molar-refractivity contribution in [3.8, 4) is 5.75 Å². The summed E-state index contributed by atoms with van der Waals surface area (Å²) in [4.78, 5) is 38.8. The molecule has 1 heterocycles. The zero-order valence-electron chi connectivity index (χ0n) is 14.4. The summed E-state index contributed by atoms with van der Waals surface area (Å²) in [6.07, 6.45) is 0.752. The van der Waals surface area contributed by atoms with E-state index in [0.717, 1.165) is 15.7 Å². The van der Waals surface area contributed by atoms with Gasteiger partial charge in [0.05, 0.1) is 24.1 Å². The van der Waals surface area contributed by atoms with Gasteiger partial charge < -0.3 is 9.53 Å². The second-order valence-corrected chi connectivity index (χ2v) is 7.26. The van der Waals surface area contributed by atoms with Gasteiger partial charge in [-0.2, -0.15) is 0 Å². The summed E-state index contributed by atoms with van der Waals surface area (Å²) < 4.78 is 5.84. The number of benzene rings is 2. The van der Waals surface area contributed by atoms with Crippen molar-refractivity contribution in [3.63, 3.8) is 0 Å². The molecule has 0 radical (unpaired) electrons. The Hall–Kier alpha value is -2.47. The predicted octanol–water partition coefficient (Wildman–Crippen LogP) is 3.49. The van der Waals surface area contributed by atoms with Crippen LogP contribution in [0.3, 0.4) is 0 Å². The summed E-state index contributed by atoms with van der Waals surface area (Å²) >= 11 is 3.45. The third kappa shape index (κ3) is 2.94. The quantitative estimate of drug-likeness (QED) is 0.553. The molecule has 1 aliphatic heterocycles. The Kier molecular flexibility index (Phi) is 4.96. The maximum Gasteiger partial charge on any atom is 0.238 e. The van der Waals surface area contributed by atoms with Gasteiger partial charge in [0.15, 0.2) is 0 Å². The van der Waals surface area contributed by atoms with E-state index in [1.54, 1.807) is 44.4 Å². The van der Waals surface area contributed by atoms with E-state index < -0.39 is 11.3 Å². The molecule has 3 rings (SSSR count). The first-order valence-electron chi connectivity index (χ1n) is 8.14. The van der Waals surface area contributed by atoms with Crippen molar-refractivity contribution in [2.75, 3.05) is 12.0 Å². The van der Waals surface area contributed by atoms with Gasteiger partial charge in [-0.1, -0.05) is 34.1 Å². The number of hydrogen-bond donors (Lipinski definition) is 0. The van der Waals surface area contributed by atoms with Crippen LogP contribution in [0.4, 0.5) is 5.69 Å². The molecule has 1 fully saturated rings. The average Bonchev–Trinajstić information content (AvgIpc) is 2.96. The smallest absolute Gasteiger partial charge is 0.238 e. The standard InChI is InChI=1S/C20H18BrNO4/c1-20(12-23,15-5-3-4-6-17(15)21)16-11-18(24)22(19(16)25)13-7-9-14(26-2)10-8-13/h3-10,12,16H,11H2,1-2H3/t16-,20?/m1/s1. The van der Waals surface area contributed by atoms with E-state index in [-0.39, 0.29) is 18.2 Å². The van der Waals surface area contributed by atoms with Crippen LogP contribution < -0.4 is 9.64 Å². The van der Waals surface area contributed by atoms with Crippen LogP contribution in [-0.4, -0.2) is 25.2 Å². The lowest BCUT2D eigenvalue weighted by atomic mass is 9.72. The molecular weight excluding hydrogens is 398 g/mol. The largest absolute Gasteiger partial charge is 0.497 e. The third-order valence-corrected chi connectivity index (χ3v) is 5.59. The molecule has 0 saturated carbocycles. The van der Waals surface area contributed by atoms with E-state index in [9.17, 15) is 14.4 Å². The van der Waals surface area contributed by atoms with Crippen LogP contribution in [-0.2, 0) is 19.8 Å². The highest BCUT2D eigenvalue weighted by Crippen LogP contribution is 2.42. The fourth-order valence-electron chi connectivity index (χ4n) is 3.33. The number of imide groups is 1. The van der Waals surface area contributed by atoms with Crippen molar-refractivity contribution in [1.29, 1.82) is 0 Å². The van der Waals surface area contributed by atoms with Crippen LogP contribution in [0.5, 0.6) is 5.75 Å². The molecule has 0 aliphatic carbocycles. The van der Waals surface area contributed by atoms with Crippen molar-refractivity contribution in [2.45, 2.75) is 18.8 Å². The maximum atomic E-state index is 13.1. The third-order valence-electron chi connectivity index (χ3n) is 4.90. The first-order chi connectivity index (χ1) is 12.4. The molecule has 134 valence electrons. The summed E-state index contributed by atoms with van der Waals surface area (Å²) in [5.41, 5.74) is 0.0649. The monoisotopic (exact) mass is 415 g/mol. The van der Waals surface area contributed by atoms with Gasteiger partial charge in [-0.3, -0.25) is 14.5 Å². The Bertz CT molecular complexity index is 864. The minimum absolute atomic E-state index is 0.0125. The predicted molar refractivity (Wildman–Crippen MR) is 101 cm³/mol. The second kappa shape index (κ2) is 7.03. The van der Waals surface area contributed by atoms with Crippen molar-refractivity contribution < 1.29 is 19.1 Å². The number of rotatable bonds is 5. The highest BCUT2D eigenvalue weighted by molar-refractivity contribution is 9.10. The molecule has 2 atom stereocenters. The number of carbonyl (C=O) groups excluding carboxylic acids is 3. The van der Waals surface area contributed by atoms with Crippen molar-refractivity contribution in [3.05, 3.63) is 58.6 Å². The summed E-state index contributed by atoms with van der Waals surface area (Å²) in [5.74, 6) is -0.806. The van der Waals surface area contributed by atoms with E-state index in [4.69, 9.17) is 4.74 Å². The van der Waals surface area contributed by atoms with Gasteiger partial charge >= 0.3 is 0 Å². The molecule has 2 aromatic carbocycles. The molecule has 5 nitrogen and oxygen atoms in total. The molecule has 0 aromatic heterocycles. The van der Waals surface area contributed by atoms with E-state index in [2.05, 4.69) is 15.9 Å². The molecule has 1 aliphatic rings. The lowest BCUT2D eigenvalue weighted by molar-refractivity contribution is -0.126. The molecule has 6 heteroatoms. The van der Waals surface area contributed by atoms with Gasteiger partial charge in [-0.05, 0) is 42.8 Å². The van der Waals surface area contributed by atoms with Crippen LogP contribution in [0, 0.1) is 5.92 Å². The van der Waals surface area contributed by atoms with Crippen LogP contribution in [0.15, 0.2) is 53.0 Å². The van der Waals surface area contributed by atoms with Crippen LogP contribution >= 0.6 is 15.9 Å². The molecule has 0 N–H and O–H groups in total. The van der Waals surface area contributed by atoms with Gasteiger partial charge in [0.2, 0.25) is 11.8 Å². The Morgan fingerprint density at radius 1 is 1.15 bits per heavy atom. The number of ether oxygens (including phenoxy) is 1. The van der Waals surface area contributed by atoms with Crippen molar-refractivity contribution in [1.82, 2.24) is 0 Å². The molecule has 0 spiro atoms. The second-order valence-electron chi connectivity index (χ2n) is 6.40. The number of nitrogens with zero attached hydrogens (tertiary/aromatic N) is 1. The van der Waals surface area contributed by atoms with Crippen molar-refractivity contribution in [2.24, 2.45) is 5.92 Å². The Morgan fingerprint density at radius 2 is 1.81 bits per heavy atom. The molecule has 0 bridgehead atoms. The molecule has 2 amide bonds. The van der Waals surface area contributed by atoms with E-state index in [1.165, 1.54) is 0 Å². The Labute approximate surface area is 160 Å². The first kappa shape index (κ1) is 18.3. The Balaban J connectivity index is 1.99. The highest BCUT2D eigenvalue weighted by atomic mass is 79.9. The minimum Gasteiger partial charge on any atom is -0.497 e. The van der Waals surface area contributed by atoms with Crippen LogP contribution in [0.1, 0.15) is 18.9 Å². The van der Waals surface area contributed by atoms with Crippen LogP contribution in [0.2, 0.25) is 0 Å². The molecule has 26 heavy (non-hydrogen) atoms. The van der Waals surface area contributed by atoms with E-state index >= 15 is 0 Å². The lowest BCUT2D eigenvalue weighted by Crippen LogP contribution is -2.40. The lowest BCUT2D eigenvalue weighted by Gasteiger charge is -2.29. The zero-order chi connectivity index (χ0) is 18.9. The van der Waals surface area contributed by atoms with Gasteiger partial charge in [0, 0.05) is 10.9 Å². The topological polar surface area (TPSA) is 63.7 Å². The number of hydrogen-bond acceptors (Lipinski definition) is 4. The first-order valence-corrected chi connectivity index (χ1v) is 8.94. The molecule has 2 aromatic rings. The summed E-state index contributed by atoms with van der Waals surface area (Å²) in [7, 11) is 1.55. The minimum atomic E-state index is -1.10. The number of carbonyl (C=O) groups is 3. The number of anilines is 1. The Morgan fingerprint density at radius 3 is 2.38 bits per heavy atom. The van der Waals surface area contributed by atoms with Gasteiger partial charge in [0.25, 0.3) is 0 Å². The summed E-state index contributed by atoms with van der Waals surface area (Å²) in [5, 5.41) is 0. The summed E-state index contributed by atoms with van der Waals surface area (Å²) in [6.45, 7) is 1.70. The molecule has 1 unspecified atom stereocenters. The van der Waals surface area contributed by atoms with Gasteiger partial charge in [-0.25, -0.2) is 0 Å². The number of aldehydes is 1. The fraction of sp³-hybridized carbons (Fsp3) is 0.250. The fourth-order valence-corrected chi connectivity index (χ4v) is 4.05.